The average Bonchev–Trinajstić information content (AvgIpc) is 3.54. The smallest absolute Gasteiger partial charge is 0.352 e. The van der Waals surface area contributed by atoms with Gasteiger partial charge in [0.05, 0.1) is 4.53 Å². The summed E-state index contributed by atoms with van der Waals surface area (Å²) in [6.07, 6.45) is 2.34. The number of thioether (sulfide) groups is 2. The Labute approximate surface area is 247 Å². The largest absolute Gasteiger partial charge is 0.478 e. The molecule has 0 aromatic carbocycles. The molecule has 0 saturated carbocycles. The van der Waals surface area contributed by atoms with Crippen molar-refractivity contribution in [1.82, 2.24) is 30.6 Å². The normalized spacial score (nSPS) is 20.5. The summed E-state index contributed by atoms with van der Waals surface area (Å²) in [6, 6.07) is -1.05. The van der Waals surface area contributed by atoms with Gasteiger partial charge in [-0.25, -0.2) is 19.6 Å². The maximum atomic E-state index is 13.1. The first kappa shape index (κ1) is 28.7. The van der Waals surface area contributed by atoms with Crippen molar-refractivity contribution < 1.29 is 34.2 Å². The monoisotopic (exact) mass is 638 g/mol. The number of hydrogen-bond donors (Lipinski definition) is 5. The first-order chi connectivity index (χ1) is 19.5. The standard InChI is InChI=1S/C22H22N8O7S4/c1-8(19(33)34)37-28-13(11-7-39-21(23)25-11)16(31)27-14-17(32)30-15(20(35)36)9(5-38-18(14)30)6-40-22-26-10-4-29(2)24-3-12(10)41-22/h3-4,7-8,14,18,24H,5-6H2,1-2H3,(H2,23,25)(H,27,31)(H,33,34)(H,35,36)/b28-13-/t8-,14?,18-/m0/s1. The summed E-state index contributed by atoms with van der Waals surface area (Å²) < 4.78 is 1.72. The molecule has 3 aliphatic heterocycles. The summed E-state index contributed by atoms with van der Waals surface area (Å²) in [4.78, 5) is 64.3. The Kier molecular flexibility index (Phi) is 8.11. The lowest BCUT2D eigenvalue weighted by molar-refractivity contribution is -0.150. The summed E-state index contributed by atoms with van der Waals surface area (Å²) >= 11 is 5.21. The van der Waals surface area contributed by atoms with Crippen LogP contribution in [0.2, 0.25) is 0 Å². The van der Waals surface area contributed by atoms with E-state index in [1.54, 1.807) is 5.01 Å². The third-order valence-corrected chi connectivity index (χ3v) is 10.2. The Morgan fingerprint density at radius 2 is 2.15 bits per heavy atom. The first-order valence-corrected chi connectivity index (χ1v) is 15.5. The number of anilines is 1. The Hall–Kier alpha value is -3.81. The number of thiazole rings is 2. The number of aromatic nitrogens is 2. The molecule has 5 heterocycles. The second-order valence-corrected chi connectivity index (χ2v) is 13.0. The number of amides is 2. The summed E-state index contributed by atoms with van der Waals surface area (Å²) in [5.74, 6) is -3.35. The number of fused-ring (bicyclic) bond motifs is 2. The number of aliphatic carboxylic acids is 2. The van der Waals surface area contributed by atoms with Gasteiger partial charge in [-0.3, -0.25) is 19.5 Å². The Balaban J connectivity index is 1.31. The lowest BCUT2D eigenvalue weighted by atomic mass is 10.0. The molecule has 1 fully saturated rings. The summed E-state index contributed by atoms with van der Waals surface area (Å²) in [5.41, 5.74) is 8.84. The number of nitrogens with one attached hydrogen (secondary N) is 2. The molecule has 2 aromatic rings. The van der Waals surface area contributed by atoms with Crippen LogP contribution < -0.4 is 26.4 Å². The predicted molar refractivity (Wildman–Crippen MR) is 153 cm³/mol. The van der Waals surface area contributed by atoms with Crippen LogP contribution >= 0.6 is 46.2 Å². The van der Waals surface area contributed by atoms with Gasteiger partial charge >= 0.3 is 11.9 Å². The number of hydrogen-bond acceptors (Lipinski definition) is 15. The van der Waals surface area contributed by atoms with E-state index in [1.807, 2.05) is 19.4 Å². The summed E-state index contributed by atoms with van der Waals surface area (Å²) in [7, 11) is 1.85. The Morgan fingerprint density at radius 1 is 1.37 bits per heavy atom. The summed E-state index contributed by atoms with van der Waals surface area (Å²) in [5, 5.41) is 28.8. The molecule has 0 aliphatic carbocycles. The van der Waals surface area contributed by atoms with Crippen molar-refractivity contribution in [2.24, 2.45) is 5.16 Å². The van der Waals surface area contributed by atoms with Crippen LogP contribution in [-0.2, 0) is 24.0 Å². The fourth-order valence-electron chi connectivity index (χ4n) is 3.89. The zero-order chi connectivity index (χ0) is 29.4. The molecule has 5 rings (SSSR count). The van der Waals surface area contributed by atoms with Gasteiger partial charge in [0.15, 0.2) is 15.2 Å². The van der Waals surface area contributed by atoms with Crippen LogP contribution in [0.1, 0.15) is 12.6 Å². The summed E-state index contributed by atoms with van der Waals surface area (Å²) in [6.45, 7) is 1.23. The molecular weight excluding hydrogens is 617 g/mol. The van der Waals surface area contributed by atoms with E-state index in [0.29, 0.717) is 17.1 Å². The zero-order valence-corrected chi connectivity index (χ0v) is 24.5. The highest BCUT2D eigenvalue weighted by Crippen LogP contribution is 2.41. The van der Waals surface area contributed by atoms with Crippen LogP contribution in [-0.4, -0.2) is 95.6 Å². The highest BCUT2D eigenvalue weighted by molar-refractivity contribution is 8.01. The van der Waals surface area contributed by atoms with Gasteiger partial charge in [-0.15, -0.1) is 34.4 Å². The van der Waals surface area contributed by atoms with Gasteiger partial charge in [0, 0.05) is 36.3 Å². The average molecular weight is 639 g/mol. The third-order valence-electron chi connectivity index (χ3n) is 5.91. The van der Waals surface area contributed by atoms with Crippen molar-refractivity contribution in [3.8, 4) is 0 Å². The van der Waals surface area contributed by atoms with Crippen molar-refractivity contribution >= 4 is 93.2 Å². The topological polar surface area (TPSA) is 213 Å². The zero-order valence-electron chi connectivity index (χ0n) is 21.3. The van der Waals surface area contributed by atoms with E-state index in [9.17, 15) is 24.3 Å². The number of β-lactam (4-membered cyclic amide) rings is 1. The molecule has 0 bridgehead atoms. The molecule has 15 nitrogen and oxygen atoms in total. The van der Waals surface area contributed by atoms with E-state index in [1.165, 1.54) is 52.1 Å². The molecule has 1 saturated heterocycles. The van der Waals surface area contributed by atoms with E-state index in [0.717, 1.165) is 25.6 Å². The van der Waals surface area contributed by atoms with Crippen molar-refractivity contribution in [3.63, 3.8) is 0 Å². The minimum absolute atomic E-state index is 0.0365. The van der Waals surface area contributed by atoms with E-state index in [4.69, 9.17) is 15.7 Å². The SMILES string of the molecule is C[C@H](O/N=C(\C(=O)NC1C(=O)N2C(C(=O)O)=C(CSc3nc4c(s3)=CNN(C)C=4)CS[C@@H]12)c1csc(N)n1)C(=O)O. The molecule has 216 valence electrons. The fraction of sp³-hybridized carbons (Fsp3) is 0.318. The van der Waals surface area contributed by atoms with Crippen LogP contribution in [0, 0.1) is 0 Å². The van der Waals surface area contributed by atoms with Gasteiger partial charge in [0.25, 0.3) is 11.8 Å². The number of carboxylic acids is 2. The lowest BCUT2D eigenvalue weighted by Gasteiger charge is -2.49. The molecule has 0 spiro atoms. The molecule has 2 aromatic heterocycles. The number of carboxylic acid groups (broad SMARTS) is 2. The lowest BCUT2D eigenvalue weighted by Crippen LogP contribution is -2.71. The molecule has 41 heavy (non-hydrogen) atoms. The van der Waals surface area contributed by atoms with E-state index in [-0.39, 0.29) is 22.2 Å². The highest BCUT2D eigenvalue weighted by atomic mass is 32.2. The number of oxime groups is 1. The maximum absolute atomic E-state index is 13.1. The minimum Gasteiger partial charge on any atom is -0.478 e. The van der Waals surface area contributed by atoms with E-state index in [2.05, 4.69) is 25.9 Å². The van der Waals surface area contributed by atoms with Crippen LogP contribution in [0.15, 0.2) is 26.1 Å². The van der Waals surface area contributed by atoms with Gasteiger partial charge < -0.3 is 31.5 Å². The number of rotatable bonds is 10. The van der Waals surface area contributed by atoms with Crippen LogP contribution in [0.5, 0.6) is 0 Å². The molecule has 1 unspecified atom stereocenters. The van der Waals surface area contributed by atoms with Gasteiger partial charge in [-0.2, -0.15) is 0 Å². The van der Waals surface area contributed by atoms with Crippen molar-refractivity contribution in [1.29, 1.82) is 0 Å². The second-order valence-electron chi connectivity index (χ2n) is 8.75. The van der Waals surface area contributed by atoms with Gasteiger partial charge in [-0.1, -0.05) is 16.9 Å². The quantitative estimate of drug-likeness (QED) is 0.0899. The van der Waals surface area contributed by atoms with Gasteiger partial charge in [-0.05, 0) is 12.5 Å². The van der Waals surface area contributed by atoms with Crippen LogP contribution in [0.3, 0.4) is 0 Å². The molecule has 6 N–H and O–H groups in total. The van der Waals surface area contributed by atoms with Gasteiger partial charge in [0.1, 0.15) is 28.2 Å². The molecule has 0 radical (unpaired) electrons. The second kappa shape index (κ2) is 11.6. The van der Waals surface area contributed by atoms with Gasteiger partial charge in [0.2, 0.25) is 6.10 Å². The van der Waals surface area contributed by atoms with E-state index < -0.39 is 41.3 Å². The predicted octanol–water partition coefficient (Wildman–Crippen LogP) is -1.17. The van der Waals surface area contributed by atoms with E-state index >= 15 is 0 Å². The number of carbonyl (C=O) groups excluding carboxylic acids is 2. The fourth-order valence-corrected chi connectivity index (χ4v) is 7.94. The molecule has 3 atom stereocenters. The minimum atomic E-state index is -1.35. The number of carbonyl (C=O) groups is 4. The van der Waals surface area contributed by atoms with Crippen molar-refractivity contribution in [2.45, 2.75) is 28.8 Å². The Bertz CT molecular complexity index is 1620. The molecule has 2 amide bonds. The number of nitrogen functional groups attached to an aromatic ring is 1. The maximum Gasteiger partial charge on any atom is 0.352 e. The first-order valence-electron chi connectivity index (χ1n) is 11.7. The Morgan fingerprint density at radius 3 is 2.83 bits per heavy atom. The molecule has 3 aliphatic rings. The number of nitrogens with two attached hydrogens (primary N) is 1. The van der Waals surface area contributed by atoms with Crippen molar-refractivity contribution in [3.05, 3.63) is 32.2 Å². The number of hydrazine groups is 1. The number of nitrogens with zero attached hydrogens (tertiary/aromatic N) is 5. The van der Waals surface area contributed by atoms with Crippen LogP contribution in [0.4, 0.5) is 5.13 Å². The molecule has 19 heteroatoms. The van der Waals surface area contributed by atoms with Crippen LogP contribution in [0.25, 0.3) is 12.4 Å². The van der Waals surface area contributed by atoms with Crippen molar-refractivity contribution in [2.75, 3.05) is 24.3 Å². The highest BCUT2D eigenvalue weighted by Gasteiger charge is 2.54. The third kappa shape index (κ3) is 5.83. The molecular formula is C22H22N8O7S4.